The maximum atomic E-state index is 13.7. The number of rotatable bonds is 9. The Balaban J connectivity index is 1.69. The van der Waals surface area contributed by atoms with Crippen LogP contribution in [0.2, 0.25) is 0 Å². The van der Waals surface area contributed by atoms with Crippen LogP contribution in [0, 0.1) is 19.8 Å². The molecule has 43 heavy (non-hydrogen) atoms. The van der Waals surface area contributed by atoms with Crippen LogP contribution < -0.4 is 20.1 Å². The number of para-hydroxylation sites is 1. The second kappa shape index (κ2) is 13.0. The molecule has 13 nitrogen and oxygen atoms in total. The van der Waals surface area contributed by atoms with Gasteiger partial charge in [-0.2, -0.15) is 4.31 Å². The van der Waals surface area contributed by atoms with Gasteiger partial charge in [0.05, 0.1) is 42.4 Å². The number of urea groups is 1. The molecule has 0 spiro atoms. The lowest BCUT2D eigenvalue weighted by atomic mass is 9.99. The predicted molar refractivity (Wildman–Crippen MR) is 159 cm³/mol. The zero-order chi connectivity index (χ0) is 31.5. The molecule has 14 heteroatoms. The molecule has 1 aliphatic heterocycles. The van der Waals surface area contributed by atoms with Crippen LogP contribution in [0.3, 0.4) is 0 Å². The lowest BCUT2D eigenvalue weighted by molar-refractivity contribution is 0.0389. The number of hydrogen-bond donors (Lipinski definition) is 3. The molecular weight excluding hydrogens is 578 g/mol. The number of benzene rings is 2. The summed E-state index contributed by atoms with van der Waals surface area (Å²) in [5.74, 6) is 0.269. The van der Waals surface area contributed by atoms with Gasteiger partial charge in [0.25, 0.3) is 5.91 Å². The topological polar surface area (TPSA) is 164 Å². The molecule has 0 bridgehead atoms. The summed E-state index contributed by atoms with van der Waals surface area (Å²) in [6, 6.07) is 9.67. The van der Waals surface area contributed by atoms with E-state index in [1.54, 1.807) is 51.1 Å². The van der Waals surface area contributed by atoms with Gasteiger partial charge in [-0.25, -0.2) is 13.2 Å². The fourth-order valence-corrected chi connectivity index (χ4v) is 5.95. The van der Waals surface area contributed by atoms with Crippen LogP contribution in [-0.2, 0) is 10.0 Å². The van der Waals surface area contributed by atoms with Crippen molar-refractivity contribution in [3.8, 4) is 11.5 Å². The summed E-state index contributed by atoms with van der Waals surface area (Å²) in [5.41, 5.74) is 1.26. The van der Waals surface area contributed by atoms with Crippen molar-refractivity contribution in [1.82, 2.24) is 14.4 Å². The van der Waals surface area contributed by atoms with Crippen molar-refractivity contribution in [3.63, 3.8) is 0 Å². The Bertz CT molecular complexity index is 1550. The van der Waals surface area contributed by atoms with Crippen molar-refractivity contribution in [1.29, 1.82) is 0 Å². The summed E-state index contributed by atoms with van der Waals surface area (Å²) >= 11 is 0. The molecule has 0 fully saturated rings. The Morgan fingerprint density at radius 1 is 1.21 bits per heavy atom. The highest BCUT2D eigenvalue weighted by Crippen LogP contribution is 2.35. The molecule has 3 aromatic rings. The number of carbonyl (C=O) groups is 2. The van der Waals surface area contributed by atoms with E-state index < -0.39 is 34.1 Å². The Hall–Kier alpha value is -4.14. The molecule has 0 unspecified atom stereocenters. The third-order valence-electron chi connectivity index (χ3n) is 7.42. The molecule has 3 atom stereocenters. The Morgan fingerprint density at radius 3 is 2.51 bits per heavy atom. The van der Waals surface area contributed by atoms with Crippen LogP contribution in [-0.4, -0.2) is 85.8 Å². The number of ether oxygens (including phenoxy) is 2. The minimum absolute atomic E-state index is 0.0654. The quantitative estimate of drug-likeness (QED) is 0.327. The molecule has 3 amide bonds. The fraction of sp³-hybridized carbons (Fsp3) is 0.414. The summed E-state index contributed by atoms with van der Waals surface area (Å²) in [7, 11) is -0.964. The van der Waals surface area contributed by atoms with Gasteiger partial charge in [0.2, 0.25) is 10.0 Å². The fourth-order valence-electron chi connectivity index (χ4n) is 4.77. The van der Waals surface area contributed by atoms with Crippen molar-refractivity contribution in [3.05, 3.63) is 59.5 Å². The van der Waals surface area contributed by atoms with E-state index in [1.165, 1.54) is 35.5 Å². The number of hydrogen-bond acceptors (Lipinski definition) is 9. The van der Waals surface area contributed by atoms with E-state index in [2.05, 4.69) is 15.8 Å². The van der Waals surface area contributed by atoms with E-state index in [0.717, 1.165) is 0 Å². The van der Waals surface area contributed by atoms with Gasteiger partial charge in [0.1, 0.15) is 23.2 Å². The first-order valence-electron chi connectivity index (χ1n) is 13.7. The number of aliphatic hydroxyl groups is 1. The maximum absolute atomic E-state index is 13.7. The van der Waals surface area contributed by atoms with Crippen LogP contribution >= 0.6 is 0 Å². The lowest BCUT2D eigenvalue weighted by Crippen LogP contribution is -2.50. The third-order valence-corrected chi connectivity index (χ3v) is 9.25. The van der Waals surface area contributed by atoms with Gasteiger partial charge in [0, 0.05) is 19.5 Å². The highest BCUT2D eigenvalue weighted by atomic mass is 32.2. The first-order chi connectivity index (χ1) is 20.4. The highest BCUT2D eigenvalue weighted by molar-refractivity contribution is 7.89. The summed E-state index contributed by atoms with van der Waals surface area (Å²) in [5, 5.41) is 19.2. The molecule has 3 N–H and O–H groups in total. The van der Waals surface area contributed by atoms with Crippen molar-refractivity contribution in [2.45, 2.75) is 44.7 Å². The second-order valence-electron chi connectivity index (χ2n) is 10.5. The van der Waals surface area contributed by atoms with E-state index in [-0.39, 0.29) is 47.5 Å². The van der Waals surface area contributed by atoms with E-state index in [4.69, 9.17) is 14.0 Å². The lowest BCUT2D eigenvalue weighted by Gasteiger charge is -2.38. The SMILES string of the molecule is COc1ccc(S(=O)(=O)N(C)C[C@@H]2Oc3c(NC(=O)Nc4c(C)noc4C)cccc3C(=O)N([C@H](C)CO)C[C@H]2C)cc1. The number of amides is 3. The smallest absolute Gasteiger partial charge is 0.323 e. The first-order valence-corrected chi connectivity index (χ1v) is 15.1. The number of nitrogens with one attached hydrogen (secondary N) is 2. The molecule has 232 valence electrons. The van der Waals surface area contributed by atoms with Gasteiger partial charge >= 0.3 is 6.03 Å². The van der Waals surface area contributed by atoms with Crippen LogP contribution in [0.4, 0.5) is 16.2 Å². The average Bonchev–Trinajstić information content (AvgIpc) is 3.30. The Kier molecular flexibility index (Phi) is 9.62. The monoisotopic (exact) mass is 615 g/mol. The zero-order valence-corrected chi connectivity index (χ0v) is 25.8. The molecular formula is C29H37N5O8S. The summed E-state index contributed by atoms with van der Waals surface area (Å²) in [4.78, 5) is 28.3. The van der Waals surface area contributed by atoms with E-state index in [0.29, 0.717) is 22.9 Å². The predicted octanol–water partition coefficient (Wildman–Crippen LogP) is 3.48. The number of aliphatic hydroxyl groups excluding tert-OH is 1. The average molecular weight is 616 g/mol. The second-order valence-corrected chi connectivity index (χ2v) is 12.6. The summed E-state index contributed by atoms with van der Waals surface area (Å²) < 4.78 is 44.8. The van der Waals surface area contributed by atoms with Crippen molar-refractivity contribution in [2.75, 3.05) is 44.5 Å². The van der Waals surface area contributed by atoms with Gasteiger partial charge in [-0.15, -0.1) is 0 Å². The number of aromatic nitrogens is 1. The minimum Gasteiger partial charge on any atom is -0.497 e. The van der Waals surface area contributed by atoms with Crippen LogP contribution in [0.25, 0.3) is 0 Å². The van der Waals surface area contributed by atoms with E-state index in [1.807, 2.05) is 6.92 Å². The molecule has 0 aliphatic carbocycles. The van der Waals surface area contributed by atoms with E-state index in [9.17, 15) is 23.1 Å². The molecule has 0 saturated carbocycles. The molecule has 2 aromatic carbocycles. The minimum atomic E-state index is -3.91. The van der Waals surface area contributed by atoms with Gasteiger partial charge < -0.3 is 34.6 Å². The molecule has 0 saturated heterocycles. The number of methoxy groups -OCH3 is 1. The zero-order valence-electron chi connectivity index (χ0n) is 24.9. The van der Waals surface area contributed by atoms with Crippen molar-refractivity contribution in [2.24, 2.45) is 5.92 Å². The number of anilines is 2. The van der Waals surface area contributed by atoms with Gasteiger partial charge in [-0.1, -0.05) is 18.1 Å². The van der Waals surface area contributed by atoms with Gasteiger partial charge in [-0.3, -0.25) is 4.79 Å². The molecule has 1 aliphatic rings. The Morgan fingerprint density at radius 2 is 1.91 bits per heavy atom. The maximum Gasteiger partial charge on any atom is 0.323 e. The number of sulfonamides is 1. The third kappa shape index (κ3) is 6.76. The van der Waals surface area contributed by atoms with Crippen molar-refractivity contribution < 1.29 is 37.1 Å². The number of nitrogens with zero attached hydrogens (tertiary/aromatic N) is 3. The van der Waals surface area contributed by atoms with E-state index >= 15 is 0 Å². The van der Waals surface area contributed by atoms with Gasteiger partial charge in [0.15, 0.2) is 11.5 Å². The summed E-state index contributed by atoms with van der Waals surface area (Å²) in [6.45, 7) is 6.77. The summed E-state index contributed by atoms with van der Waals surface area (Å²) in [6.07, 6.45) is -0.744. The molecule has 0 radical (unpaired) electrons. The number of likely N-dealkylation sites (N-methyl/N-ethyl adjacent to an activating group) is 1. The van der Waals surface area contributed by atoms with Crippen molar-refractivity contribution >= 4 is 33.3 Å². The molecule has 4 rings (SSSR count). The van der Waals surface area contributed by atoms with Crippen LogP contribution in [0.1, 0.15) is 35.7 Å². The first kappa shape index (κ1) is 31.8. The highest BCUT2D eigenvalue weighted by Gasteiger charge is 2.36. The number of aryl methyl sites for hydroxylation is 2. The molecule has 2 heterocycles. The standard InChI is InChI=1S/C29H37N5O8S/c1-17-14-34(18(2)16-35)28(36)23-8-7-9-24(30-29(37)31-26-19(3)32-42-20(26)4)27(23)41-25(17)15-33(5)43(38,39)22-12-10-21(40-6)11-13-22/h7-13,17-18,25,35H,14-16H2,1-6H3,(H2,30,31,37)/t17-,18-,25+/m1/s1. The normalized spacial score (nSPS) is 17.9. The van der Waals surface area contributed by atoms with Crippen LogP contribution in [0.5, 0.6) is 11.5 Å². The van der Waals surface area contributed by atoms with Gasteiger partial charge in [-0.05, 0) is 57.2 Å². The Labute approximate surface area is 250 Å². The van der Waals surface area contributed by atoms with Crippen LogP contribution in [0.15, 0.2) is 51.9 Å². The number of carbonyl (C=O) groups excluding carboxylic acids is 2. The molecule has 1 aromatic heterocycles. The number of fused-ring (bicyclic) bond motifs is 1. The largest absolute Gasteiger partial charge is 0.497 e.